The van der Waals surface area contributed by atoms with E-state index in [9.17, 15) is 4.79 Å². The minimum atomic E-state index is -1.00. The maximum Gasteiger partial charge on any atom is 0.337 e. The largest absolute Gasteiger partial charge is 0.478 e. The van der Waals surface area contributed by atoms with E-state index >= 15 is 0 Å². The smallest absolute Gasteiger partial charge is 0.337 e. The molecule has 5 nitrogen and oxygen atoms in total. The number of aromatic nitrogens is 2. The van der Waals surface area contributed by atoms with Crippen molar-refractivity contribution in [2.75, 3.05) is 6.61 Å². The van der Waals surface area contributed by atoms with E-state index in [1.807, 2.05) is 0 Å². The molecule has 0 radical (unpaired) electrons. The Balaban J connectivity index is 2.78. The van der Waals surface area contributed by atoms with Crippen LogP contribution in [-0.2, 0) is 6.54 Å². The first-order valence-corrected chi connectivity index (χ1v) is 3.44. The highest BCUT2D eigenvalue weighted by atomic mass is 16.4. The predicted octanol–water partition coefficient (Wildman–Crippen LogP) is -0.940. The number of carbonyl (C=O) groups is 1. The second-order valence-corrected chi connectivity index (χ2v) is 2.21. The van der Waals surface area contributed by atoms with E-state index < -0.39 is 5.97 Å². The highest BCUT2D eigenvalue weighted by molar-refractivity contribution is 5.86. The molecule has 0 unspecified atom stereocenters. The van der Waals surface area contributed by atoms with Crippen molar-refractivity contribution in [2.24, 2.45) is 0 Å². The molecule has 0 amide bonds. The zero-order valence-electron chi connectivity index (χ0n) is 6.34. The van der Waals surface area contributed by atoms with Gasteiger partial charge in [-0.2, -0.15) is 0 Å². The summed E-state index contributed by atoms with van der Waals surface area (Å²) in [5.41, 5.74) is 0.143. The van der Waals surface area contributed by atoms with Crippen molar-refractivity contribution in [1.29, 1.82) is 0 Å². The first-order chi connectivity index (χ1) is 5.74. The van der Waals surface area contributed by atoms with Crippen molar-refractivity contribution in [3.05, 3.63) is 24.0 Å². The molecule has 0 aliphatic rings. The fourth-order valence-corrected chi connectivity index (χ4v) is 0.745. The van der Waals surface area contributed by atoms with Crippen molar-refractivity contribution in [3.63, 3.8) is 0 Å². The summed E-state index contributed by atoms with van der Waals surface area (Å²) >= 11 is 0. The molecule has 0 aliphatic carbocycles. The van der Waals surface area contributed by atoms with Gasteiger partial charge in [0, 0.05) is 6.07 Å². The average Bonchev–Trinajstić information content (AvgIpc) is 2.06. The Bertz CT molecular complexity index is 270. The summed E-state index contributed by atoms with van der Waals surface area (Å²) in [6.45, 7) is 0.365. The molecular weight excluding hydrogens is 160 g/mol. The van der Waals surface area contributed by atoms with Gasteiger partial charge in [0.2, 0.25) is 0 Å². The number of hydrogen-bond donors (Lipinski definition) is 2. The van der Waals surface area contributed by atoms with Crippen LogP contribution in [0.25, 0.3) is 0 Å². The predicted molar refractivity (Wildman–Crippen MR) is 38.5 cm³/mol. The van der Waals surface area contributed by atoms with E-state index in [4.69, 9.17) is 10.2 Å². The molecule has 0 bridgehead atoms. The normalized spacial score (nSPS) is 9.75. The first-order valence-electron chi connectivity index (χ1n) is 3.44. The zero-order valence-corrected chi connectivity index (χ0v) is 6.34. The summed E-state index contributed by atoms with van der Waals surface area (Å²) in [6, 6.07) is 1.44. The van der Waals surface area contributed by atoms with Crippen LogP contribution < -0.4 is 4.68 Å². The molecule has 1 aromatic heterocycles. The van der Waals surface area contributed by atoms with Gasteiger partial charge < -0.3 is 10.2 Å². The molecule has 0 atom stereocenters. The average molecular weight is 169 g/mol. The van der Waals surface area contributed by atoms with E-state index in [2.05, 4.69) is 5.10 Å². The van der Waals surface area contributed by atoms with Crippen molar-refractivity contribution in [3.8, 4) is 0 Å². The number of rotatable bonds is 3. The lowest BCUT2D eigenvalue weighted by Gasteiger charge is -1.91. The van der Waals surface area contributed by atoms with Crippen LogP contribution in [0, 0.1) is 0 Å². The number of aromatic carboxylic acids is 1. The maximum atomic E-state index is 10.4. The highest BCUT2D eigenvalue weighted by Gasteiger charge is 2.06. The van der Waals surface area contributed by atoms with Gasteiger partial charge in [-0.15, -0.1) is 0 Å². The zero-order chi connectivity index (χ0) is 8.97. The summed E-state index contributed by atoms with van der Waals surface area (Å²) in [7, 11) is 0. The Morgan fingerprint density at radius 1 is 1.67 bits per heavy atom. The molecule has 0 fully saturated rings. The summed E-state index contributed by atoms with van der Waals surface area (Å²) < 4.78 is 1.46. The molecule has 0 saturated heterocycles. The van der Waals surface area contributed by atoms with Crippen LogP contribution in [-0.4, -0.2) is 27.9 Å². The van der Waals surface area contributed by atoms with Crippen molar-refractivity contribution >= 4 is 5.97 Å². The molecule has 1 aromatic rings. The number of carboxylic acids is 1. The van der Waals surface area contributed by atoms with Gasteiger partial charge in [0.15, 0.2) is 12.7 Å². The summed E-state index contributed by atoms with van der Waals surface area (Å²) in [6.07, 6.45) is 2.76. The topological polar surface area (TPSA) is 74.3 Å². The fraction of sp³-hybridized carbons (Fsp3) is 0.286. The summed E-state index contributed by atoms with van der Waals surface area (Å²) in [4.78, 5) is 10.4. The Morgan fingerprint density at radius 3 is 2.83 bits per heavy atom. The third-order valence-electron chi connectivity index (χ3n) is 1.35. The van der Waals surface area contributed by atoms with Crippen molar-refractivity contribution < 1.29 is 19.7 Å². The number of nitrogens with zero attached hydrogens (tertiary/aromatic N) is 2. The molecule has 1 heterocycles. The third kappa shape index (κ3) is 2.00. The second kappa shape index (κ2) is 3.77. The van der Waals surface area contributed by atoms with Gasteiger partial charge in [0.05, 0.1) is 5.56 Å². The Morgan fingerprint density at radius 2 is 2.42 bits per heavy atom. The quantitative estimate of drug-likeness (QED) is 0.573. The number of carboxylic acid groups (broad SMARTS) is 1. The van der Waals surface area contributed by atoms with Gasteiger partial charge >= 0.3 is 5.97 Å². The van der Waals surface area contributed by atoms with Crippen molar-refractivity contribution in [1.82, 2.24) is 5.10 Å². The molecule has 0 aliphatic heterocycles. The third-order valence-corrected chi connectivity index (χ3v) is 1.35. The van der Waals surface area contributed by atoms with E-state index in [1.54, 1.807) is 0 Å². The minimum Gasteiger partial charge on any atom is -0.478 e. The molecular formula is C7H9N2O3+. The number of hydrogen-bond acceptors (Lipinski definition) is 3. The SMILES string of the molecule is O=C(O)c1cc[n+](CCO)nc1. The van der Waals surface area contributed by atoms with E-state index in [-0.39, 0.29) is 12.2 Å². The van der Waals surface area contributed by atoms with Gasteiger partial charge in [-0.3, -0.25) is 0 Å². The highest BCUT2D eigenvalue weighted by Crippen LogP contribution is 1.90. The Labute approximate surface area is 68.9 Å². The van der Waals surface area contributed by atoms with Crippen LogP contribution >= 0.6 is 0 Å². The maximum absolute atomic E-state index is 10.4. The monoisotopic (exact) mass is 169 g/mol. The van der Waals surface area contributed by atoms with Crippen LogP contribution in [0.2, 0.25) is 0 Å². The van der Waals surface area contributed by atoms with Crippen LogP contribution in [0.1, 0.15) is 10.4 Å². The molecule has 5 heteroatoms. The molecule has 0 spiro atoms. The van der Waals surface area contributed by atoms with Crippen molar-refractivity contribution in [2.45, 2.75) is 6.54 Å². The van der Waals surface area contributed by atoms with Crippen LogP contribution in [0.4, 0.5) is 0 Å². The molecule has 0 aromatic carbocycles. The molecule has 2 N–H and O–H groups in total. The van der Waals surface area contributed by atoms with E-state index in [1.165, 1.54) is 23.1 Å². The van der Waals surface area contributed by atoms with Gasteiger partial charge in [-0.05, 0) is 5.10 Å². The fourth-order valence-electron chi connectivity index (χ4n) is 0.745. The van der Waals surface area contributed by atoms with Gasteiger partial charge in [-0.25, -0.2) is 4.79 Å². The van der Waals surface area contributed by atoms with Gasteiger partial charge in [0.1, 0.15) is 12.8 Å². The lowest BCUT2D eigenvalue weighted by molar-refractivity contribution is -0.754. The van der Waals surface area contributed by atoms with E-state index in [0.29, 0.717) is 6.54 Å². The van der Waals surface area contributed by atoms with Crippen LogP contribution in [0.3, 0.4) is 0 Å². The number of aliphatic hydroxyl groups excluding tert-OH is 1. The summed E-state index contributed by atoms with van der Waals surface area (Å²) in [5, 5.41) is 20.8. The molecule has 12 heavy (non-hydrogen) atoms. The lowest BCUT2D eigenvalue weighted by atomic mass is 10.3. The van der Waals surface area contributed by atoms with E-state index in [0.717, 1.165) is 0 Å². The minimum absolute atomic E-state index is 0.00984. The first kappa shape index (κ1) is 8.61. The summed E-state index contributed by atoms with van der Waals surface area (Å²) in [5.74, 6) is -1.00. The van der Waals surface area contributed by atoms with Gasteiger partial charge in [-0.1, -0.05) is 4.68 Å². The Kier molecular flexibility index (Phi) is 2.71. The van der Waals surface area contributed by atoms with Crippen LogP contribution in [0.5, 0.6) is 0 Å². The Hall–Kier alpha value is -1.49. The number of aliphatic hydroxyl groups is 1. The van der Waals surface area contributed by atoms with Gasteiger partial charge in [0.25, 0.3) is 0 Å². The molecule has 1 rings (SSSR count). The standard InChI is InChI=1S/C7H8N2O3/c10-4-3-9-2-1-6(5-8-9)7(11)12/h1-2,5,10H,3-4H2/p+1. The van der Waals surface area contributed by atoms with Crippen LogP contribution in [0.15, 0.2) is 18.5 Å². The lowest BCUT2D eigenvalue weighted by Crippen LogP contribution is -2.39. The molecule has 64 valence electrons. The molecule has 0 saturated carbocycles. The second-order valence-electron chi connectivity index (χ2n) is 2.21.